The van der Waals surface area contributed by atoms with Crippen LogP contribution in [0.1, 0.15) is 40.4 Å². The number of hydrogen-bond donors (Lipinski definition) is 1. The minimum Gasteiger partial charge on any atom is -0.359 e. The molecule has 2 heterocycles. The van der Waals surface area contributed by atoms with Gasteiger partial charge >= 0.3 is 0 Å². The zero-order valence-electron chi connectivity index (χ0n) is 13.5. The second kappa shape index (κ2) is 6.12. The Balaban J connectivity index is 2.06. The van der Waals surface area contributed by atoms with E-state index in [1.54, 1.807) is 18.5 Å². The molecular weight excluding hydrogens is 298 g/mol. The van der Waals surface area contributed by atoms with Crippen molar-refractivity contribution in [3.8, 4) is 0 Å². The molecule has 2 rings (SSSR count). The standard InChI is InChI=1S/C16H21N3O2S/c1-15(2,3)12-9-13(19-21-12)18-14(20)16(4,5)22-11-7-6-8-17-10-11/h6-10H,1-5H3,(H,18,19,20). The van der Waals surface area contributed by atoms with Crippen LogP contribution in [0.5, 0.6) is 0 Å². The smallest absolute Gasteiger partial charge is 0.241 e. The van der Waals surface area contributed by atoms with E-state index in [0.29, 0.717) is 5.82 Å². The normalized spacial score (nSPS) is 12.2. The van der Waals surface area contributed by atoms with E-state index in [9.17, 15) is 4.79 Å². The average Bonchev–Trinajstić information content (AvgIpc) is 2.88. The number of thioether (sulfide) groups is 1. The van der Waals surface area contributed by atoms with E-state index in [-0.39, 0.29) is 11.3 Å². The molecule has 0 aliphatic heterocycles. The number of amides is 1. The van der Waals surface area contributed by atoms with Crippen molar-refractivity contribution in [2.45, 2.75) is 49.7 Å². The highest BCUT2D eigenvalue weighted by Gasteiger charge is 2.30. The van der Waals surface area contributed by atoms with Gasteiger partial charge in [-0.15, -0.1) is 11.8 Å². The van der Waals surface area contributed by atoms with Gasteiger partial charge in [-0.25, -0.2) is 0 Å². The fraction of sp³-hybridized carbons (Fsp3) is 0.438. The third-order valence-electron chi connectivity index (χ3n) is 3.05. The van der Waals surface area contributed by atoms with Crippen molar-refractivity contribution < 1.29 is 9.32 Å². The lowest BCUT2D eigenvalue weighted by Gasteiger charge is -2.22. The Morgan fingerprint density at radius 1 is 1.27 bits per heavy atom. The SMILES string of the molecule is CC(C)(Sc1cccnc1)C(=O)Nc1cc(C(C)(C)C)on1. The summed E-state index contributed by atoms with van der Waals surface area (Å²) in [7, 11) is 0. The number of anilines is 1. The number of rotatable bonds is 4. The molecule has 1 amide bonds. The minimum absolute atomic E-state index is 0.130. The molecule has 0 radical (unpaired) electrons. The van der Waals surface area contributed by atoms with Crippen molar-refractivity contribution in [2.75, 3.05) is 5.32 Å². The topological polar surface area (TPSA) is 68.0 Å². The Morgan fingerprint density at radius 2 is 2.00 bits per heavy atom. The summed E-state index contributed by atoms with van der Waals surface area (Å²) in [5, 5.41) is 6.72. The summed E-state index contributed by atoms with van der Waals surface area (Å²) in [6.07, 6.45) is 3.45. The highest BCUT2D eigenvalue weighted by molar-refractivity contribution is 8.01. The van der Waals surface area contributed by atoms with Crippen LogP contribution in [0, 0.1) is 0 Å². The first-order valence-electron chi connectivity index (χ1n) is 7.06. The van der Waals surface area contributed by atoms with E-state index < -0.39 is 4.75 Å². The zero-order chi connectivity index (χ0) is 16.4. The molecule has 0 spiro atoms. The van der Waals surface area contributed by atoms with Gasteiger partial charge in [0.25, 0.3) is 0 Å². The summed E-state index contributed by atoms with van der Waals surface area (Å²) < 4.78 is 4.63. The molecule has 5 nitrogen and oxygen atoms in total. The molecule has 118 valence electrons. The third-order valence-corrected chi connectivity index (χ3v) is 4.22. The van der Waals surface area contributed by atoms with Crippen LogP contribution >= 0.6 is 11.8 Å². The van der Waals surface area contributed by atoms with Gasteiger partial charge in [0.1, 0.15) is 5.76 Å². The quantitative estimate of drug-likeness (QED) is 0.866. The molecule has 0 fully saturated rings. The van der Waals surface area contributed by atoms with Gasteiger partial charge in [-0.05, 0) is 26.0 Å². The van der Waals surface area contributed by atoms with Crippen molar-refractivity contribution in [1.29, 1.82) is 0 Å². The number of nitrogens with zero attached hydrogens (tertiary/aromatic N) is 2. The number of pyridine rings is 1. The van der Waals surface area contributed by atoms with Crippen LogP contribution in [0.2, 0.25) is 0 Å². The van der Waals surface area contributed by atoms with Crippen LogP contribution in [0.3, 0.4) is 0 Å². The van der Waals surface area contributed by atoms with Crippen molar-refractivity contribution in [2.24, 2.45) is 0 Å². The number of nitrogens with one attached hydrogen (secondary N) is 1. The van der Waals surface area contributed by atoms with Gasteiger partial charge in [0, 0.05) is 28.8 Å². The van der Waals surface area contributed by atoms with E-state index in [0.717, 1.165) is 10.7 Å². The van der Waals surface area contributed by atoms with Crippen LogP contribution in [0.25, 0.3) is 0 Å². The van der Waals surface area contributed by atoms with Gasteiger partial charge in [-0.3, -0.25) is 9.78 Å². The molecule has 0 aromatic carbocycles. The number of hydrogen-bond acceptors (Lipinski definition) is 5. The first kappa shape index (κ1) is 16.5. The maximum absolute atomic E-state index is 12.5. The Morgan fingerprint density at radius 3 is 2.55 bits per heavy atom. The Labute approximate surface area is 134 Å². The van der Waals surface area contributed by atoms with Gasteiger partial charge in [0.2, 0.25) is 5.91 Å². The number of carbonyl (C=O) groups is 1. The van der Waals surface area contributed by atoms with Crippen molar-refractivity contribution in [3.63, 3.8) is 0 Å². The highest BCUT2D eigenvalue weighted by Crippen LogP contribution is 2.33. The van der Waals surface area contributed by atoms with E-state index in [2.05, 4.69) is 15.5 Å². The van der Waals surface area contributed by atoms with Crippen LogP contribution < -0.4 is 5.32 Å². The van der Waals surface area contributed by atoms with E-state index in [4.69, 9.17) is 4.52 Å². The minimum atomic E-state index is -0.649. The molecule has 2 aromatic heterocycles. The maximum atomic E-state index is 12.5. The van der Waals surface area contributed by atoms with Crippen LogP contribution in [-0.2, 0) is 10.2 Å². The van der Waals surface area contributed by atoms with E-state index in [1.165, 1.54) is 11.8 Å². The predicted octanol–water partition coefficient (Wildman–Crippen LogP) is 3.88. The fourth-order valence-electron chi connectivity index (χ4n) is 1.70. The molecule has 0 atom stereocenters. The van der Waals surface area contributed by atoms with Crippen molar-refractivity contribution in [1.82, 2.24) is 10.1 Å². The molecule has 1 N–H and O–H groups in total. The predicted molar refractivity (Wildman–Crippen MR) is 88.0 cm³/mol. The molecule has 0 saturated carbocycles. The molecule has 0 unspecified atom stereocenters. The Bertz CT molecular complexity index is 645. The van der Waals surface area contributed by atoms with Gasteiger partial charge < -0.3 is 9.84 Å². The second-order valence-corrected chi connectivity index (χ2v) is 8.28. The molecule has 0 bridgehead atoms. The lowest BCUT2D eigenvalue weighted by Crippen LogP contribution is -2.34. The Hall–Kier alpha value is -1.82. The maximum Gasteiger partial charge on any atom is 0.241 e. The molecule has 2 aromatic rings. The molecule has 6 heteroatoms. The monoisotopic (exact) mass is 319 g/mol. The summed E-state index contributed by atoms with van der Waals surface area (Å²) in [6, 6.07) is 5.55. The van der Waals surface area contributed by atoms with Gasteiger partial charge in [0.15, 0.2) is 5.82 Å². The fourth-order valence-corrected chi connectivity index (χ4v) is 2.70. The van der Waals surface area contributed by atoms with Crippen LogP contribution in [-0.4, -0.2) is 20.8 Å². The highest BCUT2D eigenvalue weighted by atomic mass is 32.2. The largest absolute Gasteiger partial charge is 0.359 e. The lowest BCUT2D eigenvalue weighted by molar-refractivity contribution is -0.117. The number of carbonyl (C=O) groups excluding carboxylic acids is 1. The first-order chi connectivity index (χ1) is 10.2. The van der Waals surface area contributed by atoms with Crippen molar-refractivity contribution >= 4 is 23.5 Å². The summed E-state index contributed by atoms with van der Waals surface area (Å²) >= 11 is 1.45. The summed E-state index contributed by atoms with van der Waals surface area (Å²) in [5.41, 5.74) is -0.143. The third kappa shape index (κ3) is 4.10. The second-order valence-electron chi connectivity index (χ2n) is 6.58. The van der Waals surface area contributed by atoms with Crippen molar-refractivity contribution in [3.05, 3.63) is 36.4 Å². The van der Waals surface area contributed by atoms with E-state index >= 15 is 0 Å². The number of aromatic nitrogens is 2. The van der Waals surface area contributed by atoms with Gasteiger partial charge in [0.05, 0.1) is 4.75 Å². The molecule has 0 aliphatic rings. The molecule has 22 heavy (non-hydrogen) atoms. The Kier molecular flexibility index (Phi) is 4.60. The molecular formula is C16H21N3O2S. The van der Waals surface area contributed by atoms with Gasteiger partial charge in [-0.2, -0.15) is 0 Å². The molecule has 0 saturated heterocycles. The van der Waals surface area contributed by atoms with Crippen LogP contribution in [0.15, 0.2) is 40.0 Å². The summed E-state index contributed by atoms with van der Waals surface area (Å²) in [5.74, 6) is 1.05. The first-order valence-corrected chi connectivity index (χ1v) is 7.88. The van der Waals surface area contributed by atoms with E-state index in [1.807, 2.05) is 46.8 Å². The lowest BCUT2D eigenvalue weighted by atomic mass is 9.93. The zero-order valence-corrected chi connectivity index (χ0v) is 14.3. The average molecular weight is 319 g/mol. The summed E-state index contributed by atoms with van der Waals surface area (Å²) in [6.45, 7) is 9.82. The molecule has 0 aliphatic carbocycles. The summed E-state index contributed by atoms with van der Waals surface area (Å²) in [4.78, 5) is 17.5. The van der Waals surface area contributed by atoms with Gasteiger partial charge in [-0.1, -0.05) is 25.9 Å². The van der Waals surface area contributed by atoms with Crippen LogP contribution in [0.4, 0.5) is 5.82 Å².